The predicted octanol–water partition coefficient (Wildman–Crippen LogP) is 5.10. The quantitative estimate of drug-likeness (QED) is 0.668. The van der Waals surface area contributed by atoms with Crippen LogP contribution in [0.1, 0.15) is 51.5 Å². The number of benzene rings is 1. The molecular formula is C17H27ClO. The van der Waals surface area contributed by atoms with Gasteiger partial charge in [0.25, 0.3) is 0 Å². The van der Waals surface area contributed by atoms with Crippen molar-refractivity contribution < 1.29 is 5.11 Å². The molecule has 1 rings (SSSR count). The van der Waals surface area contributed by atoms with Crippen LogP contribution >= 0.6 is 11.6 Å². The number of halogens is 1. The van der Waals surface area contributed by atoms with Crippen LogP contribution in [0.3, 0.4) is 0 Å². The van der Waals surface area contributed by atoms with Crippen molar-refractivity contribution >= 4 is 11.6 Å². The molecule has 1 aromatic carbocycles. The highest BCUT2D eigenvalue weighted by Crippen LogP contribution is 2.24. The molecule has 0 fully saturated rings. The maximum Gasteiger partial charge on any atom is 0.0462 e. The van der Waals surface area contributed by atoms with Crippen molar-refractivity contribution in [1.29, 1.82) is 0 Å². The van der Waals surface area contributed by atoms with E-state index in [-0.39, 0.29) is 6.61 Å². The van der Waals surface area contributed by atoms with Crippen molar-refractivity contribution in [2.24, 2.45) is 11.8 Å². The van der Waals surface area contributed by atoms with Gasteiger partial charge in [0.15, 0.2) is 0 Å². The maximum atomic E-state index is 9.59. The SMILES string of the molecule is CCCCC(CC)CC(CO)Cc1cccc(Cl)c1. The molecule has 2 heteroatoms. The number of aliphatic hydroxyl groups excluding tert-OH is 1. The monoisotopic (exact) mass is 282 g/mol. The van der Waals surface area contributed by atoms with Crippen molar-refractivity contribution in [3.63, 3.8) is 0 Å². The Morgan fingerprint density at radius 1 is 1.21 bits per heavy atom. The third kappa shape index (κ3) is 6.44. The first-order chi connectivity index (χ1) is 9.19. The highest BCUT2D eigenvalue weighted by atomic mass is 35.5. The largest absolute Gasteiger partial charge is 0.396 e. The van der Waals surface area contributed by atoms with Crippen LogP contribution < -0.4 is 0 Å². The van der Waals surface area contributed by atoms with Crippen LogP contribution in [-0.2, 0) is 6.42 Å². The van der Waals surface area contributed by atoms with E-state index in [4.69, 9.17) is 11.6 Å². The zero-order chi connectivity index (χ0) is 14.1. The predicted molar refractivity (Wildman–Crippen MR) is 83.7 cm³/mol. The van der Waals surface area contributed by atoms with Crippen molar-refractivity contribution in [1.82, 2.24) is 0 Å². The minimum absolute atomic E-state index is 0.273. The lowest BCUT2D eigenvalue weighted by atomic mass is 9.86. The molecule has 2 unspecified atom stereocenters. The fourth-order valence-electron chi connectivity index (χ4n) is 2.67. The molecule has 1 N–H and O–H groups in total. The van der Waals surface area contributed by atoms with Gasteiger partial charge >= 0.3 is 0 Å². The number of rotatable bonds is 9. The van der Waals surface area contributed by atoms with Crippen LogP contribution in [0.5, 0.6) is 0 Å². The molecular weight excluding hydrogens is 256 g/mol. The molecule has 2 atom stereocenters. The van der Waals surface area contributed by atoms with E-state index in [2.05, 4.69) is 19.9 Å². The standard InChI is InChI=1S/C17H27ClO/c1-3-5-7-14(4-2)10-16(13-19)11-15-8-6-9-17(18)12-15/h6,8-9,12,14,16,19H,3-5,7,10-11,13H2,1-2H3. The van der Waals surface area contributed by atoms with Gasteiger partial charge in [-0.2, -0.15) is 0 Å². The van der Waals surface area contributed by atoms with Gasteiger partial charge in [0.1, 0.15) is 0 Å². The lowest BCUT2D eigenvalue weighted by Gasteiger charge is -2.21. The molecule has 1 nitrogen and oxygen atoms in total. The molecule has 0 aliphatic carbocycles. The van der Waals surface area contributed by atoms with Crippen molar-refractivity contribution in [3.05, 3.63) is 34.9 Å². The van der Waals surface area contributed by atoms with E-state index in [1.54, 1.807) is 0 Å². The van der Waals surface area contributed by atoms with E-state index in [0.29, 0.717) is 5.92 Å². The van der Waals surface area contributed by atoms with Gasteiger partial charge in [0.05, 0.1) is 0 Å². The summed E-state index contributed by atoms with van der Waals surface area (Å²) >= 11 is 6.01. The van der Waals surface area contributed by atoms with Crippen LogP contribution in [0.25, 0.3) is 0 Å². The van der Waals surface area contributed by atoms with Gasteiger partial charge in [0, 0.05) is 11.6 Å². The highest BCUT2D eigenvalue weighted by molar-refractivity contribution is 6.30. The number of aliphatic hydroxyl groups is 1. The number of hydrogen-bond donors (Lipinski definition) is 1. The summed E-state index contributed by atoms with van der Waals surface area (Å²) in [5.41, 5.74) is 1.23. The van der Waals surface area contributed by atoms with Crippen LogP contribution in [0.4, 0.5) is 0 Å². The molecule has 0 aliphatic rings. The Bertz CT molecular complexity index is 351. The topological polar surface area (TPSA) is 20.2 Å². The number of hydrogen-bond acceptors (Lipinski definition) is 1. The Labute approximate surface area is 123 Å². The molecule has 0 aromatic heterocycles. The molecule has 0 radical (unpaired) electrons. The summed E-state index contributed by atoms with van der Waals surface area (Å²) in [5, 5.41) is 10.4. The molecule has 0 bridgehead atoms. The van der Waals surface area contributed by atoms with Gasteiger partial charge in [-0.15, -0.1) is 0 Å². The van der Waals surface area contributed by atoms with Crippen LogP contribution in [0, 0.1) is 11.8 Å². The molecule has 0 saturated carbocycles. The lowest BCUT2D eigenvalue weighted by molar-refractivity contribution is 0.194. The van der Waals surface area contributed by atoms with Crippen molar-refractivity contribution in [3.8, 4) is 0 Å². The Balaban J connectivity index is 2.52. The van der Waals surface area contributed by atoms with Gasteiger partial charge < -0.3 is 5.11 Å². The van der Waals surface area contributed by atoms with Crippen LogP contribution in [0.2, 0.25) is 5.02 Å². The molecule has 1 aromatic rings. The molecule has 0 heterocycles. The Morgan fingerprint density at radius 2 is 2.00 bits per heavy atom. The van der Waals surface area contributed by atoms with Crippen LogP contribution in [-0.4, -0.2) is 11.7 Å². The zero-order valence-corrected chi connectivity index (χ0v) is 13.0. The second-order valence-electron chi connectivity index (χ2n) is 5.53. The smallest absolute Gasteiger partial charge is 0.0462 e. The number of unbranched alkanes of at least 4 members (excludes halogenated alkanes) is 1. The van der Waals surface area contributed by atoms with E-state index < -0.39 is 0 Å². The molecule has 0 spiro atoms. The third-order valence-electron chi connectivity index (χ3n) is 3.88. The molecule has 19 heavy (non-hydrogen) atoms. The van der Waals surface area contributed by atoms with Gasteiger partial charge in [-0.05, 0) is 42.4 Å². The first-order valence-corrected chi connectivity index (χ1v) is 7.92. The summed E-state index contributed by atoms with van der Waals surface area (Å²) in [6.07, 6.45) is 7.12. The molecule has 0 aliphatic heterocycles. The minimum Gasteiger partial charge on any atom is -0.396 e. The first-order valence-electron chi connectivity index (χ1n) is 7.54. The summed E-state index contributed by atoms with van der Waals surface area (Å²) in [6, 6.07) is 7.99. The third-order valence-corrected chi connectivity index (χ3v) is 4.12. The lowest BCUT2D eigenvalue weighted by Crippen LogP contribution is -2.15. The highest BCUT2D eigenvalue weighted by Gasteiger charge is 2.15. The Kier molecular flexibility index (Phi) is 8.16. The average Bonchev–Trinajstić information content (AvgIpc) is 2.42. The van der Waals surface area contributed by atoms with Gasteiger partial charge in [-0.1, -0.05) is 63.3 Å². The molecule has 108 valence electrons. The van der Waals surface area contributed by atoms with Crippen molar-refractivity contribution in [2.45, 2.75) is 52.4 Å². The van der Waals surface area contributed by atoms with E-state index in [0.717, 1.165) is 23.8 Å². The molecule has 0 saturated heterocycles. The van der Waals surface area contributed by atoms with E-state index in [1.807, 2.05) is 18.2 Å². The Morgan fingerprint density at radius 3 is 2.58 bits per heavy atom. The minimum atomic E-state index is 0.273. The fraction of sp³-hybridized carbons (Fsp3) is 0.647. The zero-order valence-electron chi connectivity index (χ0n) is 12.2. The first kappa shape index (κ1) is 16.5. The summed E-state index contributed by atoms with van der Waals surface area (Å²) < 4.78 is 0. The van der Waals surface area contributed by atoms with Gasteiger partial charge in [-0.3, -0.25) is 0 Å². The second kappa shape index (κ2) is 9.39. The summed E-state index contributed by atoms with van der Waals surface area (Å²) in [7, 11) is 0. The molecule has 0 amide bonds. The van der Waals surface area contributed by atoms with E-state index in [1.165, 1.54) is 31.2 Å². The van der Waals surface area contributed by atoms with E-state index >= 15 is 0 Å². The average molecular weight is 283 g/mol. The van der Waals surface area contributed by atoms with Gasteiger partial charge in [0.2, 0.25) is 0 Å². The summed E-state index contributed by atoms with van der Waals surface area (Å²) in [4.78, 5) is 0. The van der Waals surface area contributed by atoms with Gasteiger partial charge in [-0.25, -0.2) is 0 Å². The second-order valence-corrected chi connectivity index (χ2v) is 5.97. The summed E-state index contributed by atoms with van der Waals surface area (Å²) in [5.74, 6) is 1.11. The van der Waals surface area contributed by atoms with Crippen LogP contribution in [0.15, 0.2) is 24.3 Å². The fourth-order valence-corrected chi connectivity index (χ4v) is 2.89. The Hall–Kier alpha value is -0.530. The van der Waals surface area contributed by atoms with Crippen molar-refractivity contribution in [2.75, 3.05) is 6.61 Å². The summed E-state index contributed by atoms with van der Waals surface area (Å²) in [6.45, 7) is 4.77. The van der Waals surface area contributed by atoms with E-state index in [9.17, 15) is 5.11 Å². The normalized spacial score (nSPS) is 14.3. The maximum absolute atomic E-state index is 9.59.